The van der Waals surface area contributed by atoms with E-state index in [-0.39, 0.29) is 12.3 Å². The number of nitriles is 1. The molecular formula is C22H18N6O2S2. The van der Waals surface area contributed by atoms with Crippen LogP contribution in [0.5, 0.6) is 0 Å². The number of carbonyl (C=O) groups is 1. The Morgan fingerprint density at radius 2 is 1.88 bits per heavy atom. The van der Waals surface area contributed by atoms with Crippen molar-refractivity contribution in [1.82, 2.24) is 20.4 Å². The molecule has 2 aromatic carbocycles. The molecule has 0 spiro atoms. The summed E-state index contributed by atoms with van der Waals surface area (Å²) in [6.07, 6.45) is 0.534. The van der Waals surface area contributed by atoms with E-state index < -0.39 is 0 Å². The number of carbonyl (C=O) groups excluding carboxylic acids is 1. The fourth-order valence-electron chi connectivity index (χ4n) is 2.71. The normalized spacial score (nSPS) is 10.6. The van der Waals surface area contributed by atoms with Crippen molar-refractivity contribution in [1.29, 1.82) is 5.26 Å². The van der Waals surface area contributed by atoms with Gasteiger partial charge < -0.3 is 9.73 Å². The Hall–Kier alpha value is -3.55. The third-order valence-electron chi connectivity index (χ3n) is 4.43. The summed E-state index contributed by atoms with van der Waals surface area (Å²) in [4.78, 5) is 12.3. The highest BCUT2D eigenvalue weighted by molar-refractivity contribution is 8.00. The Balaban J connectivity index is 1.24. The number of amides is 1. The lowest BCUT2D eigenvalue weighted by Gasteiger charge is -1.99. The van der Waals surface area contributed by atoms with E-state index in [4.69, 9.17) is 9.68 Å². The van der Waals surface area contributed by atoms with Gasteiger partial charge >= 0.3 is 0 Å². The van der Waals surface area contributed by atoms with E-state index in [0.717, 1.165) is 21.0 Å². The molecule has 0 saturated carbocycles. The number of hydrogen-bond acceptors (Lipinski definition) is 9. The zero-order valence-corrected chi connectivity index (χ0v) is 18.7. The summed E-state index contributed by atoms with van der Waals surface area (Å²) in [5, 5.41) is 28.3. The quantitative estimate of drug-likeness (QED) is 0.297. The molecule has 0 bridgehead atoms. The summed E-state index contributed by atoms with van der Waals surface area (Å²) in [6, 6.07) is 17.3. The van der Waals surface area contributed by atoms with Crippen molar-refractivity contribution < 1.29 is 9.21 Å². The maximum absolute atomic E-state index is 12.3. The molecule has 0 atom stereocenters. The predicted molar refractivity (Wildman–Crippen MR) is 122 cm³/mol. The lowest BCUT2D eigenvalue weighted by molar-refractivity contribution is -0.116. The van der Waals surface area contributed by atoms with E-state index in [9.17, 15) is 4.79 Å². The molecule has 10 heteroatoms. The zero-order chi connectivity index (χ0) is 22.3. The molecule has 2 heterocycles. The van der Waals surface area contributed by atoms with Crippen LogP contribution in [0.3, 0.4) is 0 Å². The van der Waals surface area contributed by atoms with Gasteiger partial charge in [-0.05, 0) is 36.8 Å². The van der Waals surface area contributed by atoms with Crippen molar-refractivity contribution in [2.24, 2.45) is 0 Å². The summed E-state index contributed by atoms with van der Waals surface area (Å²) < 4.78 is 6.41. The molecule has 32 heavy (non-hydrogen) atoms. The average Bonchev–Trinajstić information content (AvgIpc) is 3.47. The van der Waals surface area contributed by atoms with Gasteiger partial charge in [0.1, 0.15) is 0 Å². The molecular weight excluding hydrogens is 444 g/mol. The highest BCUT2D eigenvalue weighted by Gasteiger charge is 2.13. The van der Waals surface area contributed by atoms with Crippen LogP contribution in [-0.4, -0.2) is 26.3 Å². The Morgan fingerprint density at radius 1 is 1.09 bits per heavy atom. The Bertz CT molecular complexity index is 1240. The molecule has 1 N–H and O–H groups in total. The molecule has 160 valence electrons. The van der Waals surface area contributed by atoms with Crippen molar-refractivity contribution in [3.63, 3.8) is 0 Å². The highest BCUT2D eigenvalue weighted by Crippen LogP contribution is 2.28. The van der Waals surface area contributed by atoms with Crippen LogP contribution in [0.1, 0.15) is 29.0 Å². The highest BCUT2D eigenvalue weighted by atomic mass is 32.2. The van der Waals surface area contributed by atoms with E-state index in [1.807, 2.05) is 43.3 Å². The number of nitrogens with zero attached hydrogens (tertiary/aromatic N) is 5. The van der Waals surface area contributed by atoms with E-state index in [1.54, 1.807) is 12.1 Å². The Kier molecular flexibility index (Phi) is 6.89. The lowest BCUT2D eigenvalue weighted by Crippen LogP contribution is -2.12. The van der Waals surface area contributed by atoms with E-state index in [0.29, 0.717) is 34.7 Å². The number of aromatic nitrogens is 4. The second kappa shape index (κ2) is 10.2. The first kappa shape index (κ1) is 21.7. The summed E-state index contributed by atoms with van der Waals surface area (Å²) in [6.45, 7) is 2.01. The van der Waals surface area contributed by atoms with Crippen molar-refractivity contribution in [3.05, 3.63) is 71.1 Å². The van der Waals surface area contributed by atoms with E-state index in [2.05, 4.69) is 31.8 Å². The van der Waals surface area contributed by atoms with Gasteiger partial charge in [0.2, 0.25) is 22.8 Å². The second-order valence-corrected chi connectivity index (χ2v) is 9.09. The van der Waals surface area contributed by atoms with Gasteiger partial charge in [-0.2, -0.15) is 5.26 Å². The molecule has 8 nitrogen and oxygen atoms in total. The van der Waals surface area contributed by atoms with Gasteiger partial charge in [0.15, 0.2) is 4.34 Å². The van der Waals surface area contributed by atoms with Gasteiger partial charge in [0.05, 0.1) is 11.6 Å². The Morgan fingerprint density at radius 3 is 2.62 bits per heavy atom. The molecule has 4 aromatic rings. The summed E-state index contributed by atoms with van der Waals surface area (Å²) >= 11 is 2.84. The van der Waals surface area contributed by atoms with Crippen molar-refractivity contribution in [3.8, 4) is 17.5 Å². The van der Waals surface area contributed by atoms with Crippen molar-refractivity contribution in [2.75, 3.05) is 5.32 Å². The molecule has 0 aliphatic rings. The van der Waals surface area contributed by atoms with Crippen molar-refractivity contribution in [2.45, 2.75) is 29.9 Å². The zero-order valence-electron chi connectivity index (χ0n) is 17.1. The van der Waals surface area contributed by atoms with Gasteiger partial charge in [0.25, 0.3) is 0 Å². The predicted octanol–water partition coefficient (Wildman–Crippen LogP) is 4.63. The molecule has 0 saturated heterocycles. The van der Waals surface area contributed by atoms with Gasteiger partial charge in [0, 0.05) is 24.2 Å². The van der Waals surface area contributed by atoms with Crippen LogP contribution in [0, 0.1) is 18.3 Å². The first-order valence-electron chi connectivity index (χ1n) is 9.73. The number of rotatable bonds is 8. The van der Waals surface area contributed by atoms with Gasteiger partial charge in [-0.25, -0.2) is 0 Å². The number of aryl methyl sites for hydroxylation is 2. The average molecular weight is 463 g/mol. The first-order chi connectivity index (χ1) is 15.6. The maximum atomic E-state index is 12.3. The van der Waals surface area contributed by atoms with Gasteiger partial charge in [-0.1, -0.05) is 52.9 Å². The van der Waals surface area contributed by atoms with Gasteiger partial charge in [-0.15, -0.1) is 20.4 Å². The second-order valence-electron chi connectivity index (χ2n) is 6.89. The Labute approximate surface area is 192 Å². The molecule has 0 radical (unpaired) electrons. The summed E-state index contributed by atoms with van der Waals surface area (Å²) in [7, 11) is 0. The number of anilines is 1. The minimum Gasteiger partial charge on any atom is -0.421 e. The third-order valence-corrected chi connectivity index (χ3v) is 6.47. The first-order valence-corrected chi connectivity index (χ1v) is 11.5. The molecule has 0 fully saturated rings. The minimum atomic E-state index is -0.195. The molecule has 0 unspecified atom stereocenters. The largest absolute Gasteiger partial charge is 0.421 e. The van der Waals surface area contributed by atoms with Crippen molar-refractivity contribution >= 4 is 34.1 Å². The lowest BCUT2D eigenvalue weighted by atomic mass is 10.1. The SMILES string of the molecule is Cc1ccc(-c2nnc(CCC(=O)Nc3nnc(SCc4ccc(C#N)cc4)s3)o2)cc1. The van der Waals surface area contributed by atoms with Crippen LogP contribution >= 0.6 is 23.1 Å². The monoisotopic (exact) mass is 462 g/mol. The standard InChI is InChI=1S/C22H18N6O2S2/c1-14-2-8-17(9-3-14)20-26-25-19(30-20)11-10-18(29)24-21-27-28-22(32-21)31-13-16-6-4-15(12-23)5-7-16/h2-9H,10-11,13H2,1H3,(H,24,27,29). The van der Waals surface area contributed by atoms with E-state index in [1.165, 1.54) is 23.1 Å². The minimum absolute atomic E-state index is 0.195. The molecule has 0 aliphatic heterocycles. The topological polar surface area (TPSA) is 118 Å². The van der Waals surface area contributed by atoms with E-state index >= 15 is 0 Å². The van der Waals surface area contributed by atoms with Crippen LogP contribution in [0.15, 0.2) is 57.3 Å². The van der Waals surface area contributed by atoms with Crippen LogP contribution in [0.2, 0.25) is 0 Å². The summed E-state index contributed by atoms with van der Waals surface area (Å²) in [5.74, 6) is 1.36. The molecule has 1 amide bonds. The van der Waals surface area contributed by atoms with Crippen LogP contribution in [0.25, 0.3) is 11.5 Å². The summed E-state index contributed by atoms with van der Waals surface area (Å²) in [5.41, 5.74) is 3.71. The molecule has 4 rings (SSSR count). The van der Waals surface area contributed by atoms with Gasteiger partial charge in [-0.3, -0.25) is 4.79 Å². The van der Waals surface area contributed by atoms with Crippen LogP contribution in [-0.2, 0) is 17.0 Å². The van der Waals surface area contributed by atoms with Crippen LogP contribution in [0.4, 0.5) is 5.13 Å². The maximum Gasteiger partial charge on any atom is 0.247 e. The number of hydrogen-bond donors (Lipinski definition) is 1. The fraction of sp³-hybridized carbons (Fsp3) is 0.182. The number of nitrogens with one attached hydrogen (secondary N) is 1. The van der Waals surface area contributed by atoms with Crippen LogP contribution < -0.4 is 5.32 Å². The molecule has 0 aliphatic carbocycles. The molecule has 2 aromatic heterocycles. The smallest absolute Gasteiger partial charge is 0.247 e. The fourth-order valence-corrected chi connectivity index (χ4v) is 4.43. The number of benzene rings is 2. The third kappa shape index (κ3) is 5.78. The number of thioether (sulfide) groups is 1.